The quantitative estimate of drug-likeness (QED) is 0.422. The molecule has 1 aromatic carbocycles. The van der Waals surface area contributed by atoms with E-state index in [4.69, 9.17) is 16.3 Å². The number of esters is 1. The average Bonchev–Trinajstić information content (AvgIpc) is 3.29. The zero-order valence-electron chi connectivity index (χ0n) is 14.6. The number of thiophene rings is 2. The first-order valence-electron chi connectivity index (χ1n) is 8.18. The molecule has 0 unspecified atom stereocenters. The molecule has 0 saturated carbocycles. The van der Waals surface area contributed by atoms with Crippen LogP contribution < -0.4 is 5.32 Å². The van der Waals surface area contributed by atoms with Crippen LogP contribution in [0.5, 0.6) is 0 Å². The molecule has 0 aliphatic heterocycles. The molecule has 0 radical (unpaired) electrons. The van der Waals surface area contributed by atoms with Crippen LogP contribution >= 0.6 is 34.3 Å². The van der Waals surface area contributed by atoms with Crippen LogP contribution in [0, 0.1) is 0 Å². The molecule has 0 atom stereocenters. The van der Waals surface area contributed by atoms with Crippen molar-refractivity contribution in [2.24, 2.45) is 0 Å². The highest BCUT2D eigenvalue weighted by Gasteiger charge is 2.24. The Morgan fingerprint density at radius 2 is 2.00 bits per heavy atom. The molecule has 140 valence electrons. The summed E-state index contributed by atoms with van der Waals surface area (Å²) in [6, 6.07) is 11.2. The number of anilines is 1. The number of carbonyl (C=O) groups is 2. The molecule has 3 heterocycles. The van der Waals surface area contributed by atoms with Crippen molar-refractivity contribution in [2.45, 2.75) is 0 Å². The molecule has 0 aliphatic carbocycles. The summed E-state index contributed by atoms with van der Waals surface area (Å²) >= 11 is 8.96. The van der Waals surface area contributed by atoms with Gasteiger partial charge in [0, 0.05) is 39.0 Å². The Morgan fingerprint density at radius 3 is 2.71 bits per heavy atom. The number of benzene rings is 1. The van der Waals surface area contributed by atoms with E-state index in [2.05, 4.69) is 10.3 Å². The van der Waals surface area contributed by atoms with Gasteiger partial charge in [-0.05, 0) is 12.1 Å². The highest BCUT2D eigenvalue weighted by Crippen LogP contribution is 2.38. The summed E-state index contributed by atoms with van der Waals surface area (Å²) in [5, 5.41) is 6.25. The molecular weight excluding hydrogens is 416 g/mol. The number of carbonyl (C=O) groups excluding carboxylic acids is 2. The smallest absolute Gasteiger partial charge is 0.341 e. The Hall–Kier alpha value is -2.74. The first kappa shape index (κ1) is 18.6. The van der Waals surface area contributed by atoms with Crippen LogP contribution in [0.3, 0.4) is 0 Å². The highest BCUT2D eigenvalue weighted by atomic mass is 35.5. The number of fused-ring (bicyclic) bond motifs is 1. The van der Waals surface area contributed by atoms with Crippen molar-refractivity contribution in [3.8, 4) is 11.1 Å². The standard InChI is InChI=1S/C20H13ClN2O3S2/c1-26-20(25)15-13(11-5-4-8-22-9-11)10-27-19(15)23-18(24)17-16(21)12-6-2-3-7-14(12)28-17/h2-10H,1H3,(H,23,24). The highest BCUT2D eigenvalue weighted by molar-refractivity contribution is 7.22. The third-order valence-corrected chi connectivity index (χ3v) is 6.69. The molecule has 5 nitrogen and oxygen atoms in total. The van der Waals surface area contributed by atoms with Gasteiger partial charge in [-0.2, -0.15) is 0 Å². The van der Waals surface area contributed by atoms with E-state index < -0.39 is 5.97 Å². The first-order chi connectivity index (χ1) is 13.6. The van der Waals surface area contributed by atoms with E-state index >= 15 is 0 Å². The van der Waals surface area contributed by atoms with E-state index in [1.807, 2.05) is 30.3 Å². The normalized spacial score (nSPS) is 10.8. The van der Waals surface area contributed by atoms with Crippen molar-refractivity contribution >= 4 is 61.2 Å². The van der Waals surface area contributed by atoms with Crippen molar-refractivity contribution < 1.29 is 14.3 Å². The van der Waals surface area contributed by atoms with E-state index in [0.29, 0.717) is 26.0 Å². The second kappa shape index (κ2) is 7.71. The lowest BCUT2D eigenvalue weighted by molar-refractivity contribution is 0.0603. The molecule has 0 spiro atoms. The predicted molar refractivity (Wildman–Crippen MR) is 114 cm³/mol. The Morgan fingerprint density at radius 1 is 1.18 bits per heavy atom. The van der Waals surface area contributed by atoms with E-state index in [0.717, 1.165) is 15.6 Å². The van der Waals surface area contributed by atoms with Gasteiger partial charge >= 0.3 is 5.97 Å². The van der Waals surface area contributed by atoms with Crippen LogP contribution in [0.15, 0.2) is 54.2 Å². The monoisotopic (exact) mass is 428 g/mol. The van der Waals surface area contributed by atoms with Gasteiger partial charge in [0.25, 0.3) is 5.91 Å². The van der Waals surface area contributed by atoms with Gasteiger partial charge in [-0.3, -0.25) is 9.78 Å². The molecule has 1 amide bonds. The van der Waals surface area contributed by atoms with Gasteiger partial charge in [-0.15, -0.1) is 22.7 Å². The molecule has 28 heavy (non-hydrogen) atoms. The molecule has 0 saturated heterocycles. The van der Waals surface area contributed by atoms with Gasteiger partial charge in [0.15, 0.2) is 0 Å². The van der Waals surface area contributed by atoms with Gasteiger partial charge in [-0.1, -0.05) is 35.9 Å². The van der Waals surface area contributed by atoms with Crippen LogP contribution in [0.25, 0.3) is 21.2 Å². The number of amides is 1. The third-order valence-electron chi connectivity index (χ3n) is 4.12. The van der Waals surface area contributed by atoms with Crippen molar-refractivity contribution in [1.82, 2.24) is 4.98 Å². The number of methoxy groups -OCH3 is 1. The van der Waals surface area contributed by atoms with Gasteiger partial charge in [-0.25, -0.2) is 4.79 Å². The van der Waals surface area contributed by atoms with Crippen molar-refractivity contribution in [3.63, 3.8) is 0 Å². The maximum Gasteiger partial charge on any atom is 0.341 e. The Bertz CT molecular complexity index is 1180. The Labute approximate surface area is 173 Å². The largest absolute Gasteiger partial charge is 0.465 e. The van der Waals surface area contributed by atoms with E-state index in [-0.39, 0.29) is 5.91 Å². The number of rotatable bonds is 4. The average molecular weight is 429 g/mol. The summed E-state index contributed by atoms with van der Waals surface area (Å²) < 4.78 is 5.85. The second-order valence-corrected chi connectivity index (χ2v) is 8.09. The van der Waals surface area contributed by atoms with Gasteiger partial charge in [0.2, 0.25) is 0 Å². The summed E-state index contributed by atoms with van der Waals surface area (Å²) in [5.74, 6) is -0.895. The van der Waals surface area contributed by atoms with E-state index in [9.17, 15) is 9.59 Å². The minimum atomic E-state index is -0.530. The van der Waals surface area contributed by atoms with Gasteiger partial charge in [0.1, 0.15) is 15.4 Å². The summed E-state index contributed by atoms with van der Waals surface area (Å²) in [4.78, 5) is 29.8. The molecule has 0 fully saturated rings. The molecule has 4 rings (SSSR count). The molecule has 0 bridgehead atoms. The zero-order chi connectivity index (χ0) is 19.7. The molecule has 1 N–H and O–H groups in total. The lowest BCUT2D eigenvalue weighted by Crippen LogP contribution is -2.13. The number of pyridine rings is 1. The van der Waals surface area contributed by atoms with E-state index in [1.54, 1.807) is 23.8 Å². The number of ether oxygens (including phenoxy) is 1. The van der Waals surface area contributed by atoms with Gasteiger partial charge < -0.3 is 10.1 Å². The predicted octanol–water partition coefficient (Wildman–Crippen LogP) is 5.72. The van der Waals surface area contributed by atoms with Crippen molar-refractivity contribution in [3.05, 3.63) is 69.6 Å². The minimum Gasteiger partial charge on any atom is -0.465 e. The topological polar surface area (TPSA) is 68.3 Å². The van der Waals surface area contributed by atoms with Crippen molar-refractivity contribution in [1.29, 1.82) is 0 Å². The number of nitrogens with one attached hydrogen (secondary N) is 1. The van der Waals surface area contributed by atoms with Crippen LogP contribution in [0.1, 0.15) is 20.0 Å². The Balaban J connectivity index is 1.73. The van der Waals surface area contributed by atoms with Crippen LogP contribution in [-0.4, -0.2) is 24.0 Å². The molecule has 0 aliphatic rings. The third kappa shape index (κ3) is 3.28. The second-order valence-electron chi connectivity index (χ2n) is 5.78. The fourth-order valence-corrected chi connectivity index (χ4v) is 5.17. The molecule has 4 aromatic rings. The summed E-state index contributed by atoms with van der Waals surface area (Å²) in [6.07, 6.45) is 3.31. The lowest BCUT2D eigenvalue weighted by atomic mass is 10.1. The summed E-state index contributed by atoms with van der Waals surface area (Å²) in [5.41, 5.74) is 1.72. The number of halogens is 1. The maximum absolute atomic E-state index is 12.9. The fourth-order valence-electron chi connectivity index (χ4n) is 2.81. The zero-order valence-corrected chi connectivity index (χ0v) is 17.0. The summed E-state index contributed by atoms with van der Waals surface area (Å²) in [7, 11) is 1.31. The fraction of sp³-hybridized carbons (Fsp3) is 0.0500. The molecule has 8 heteroatoms. The van der Waals surface area contributed by atoms with Gasteiger partial charge in [0.05, 0.1) is 12.1 Å². The van der Waals surface area contributed by atoms with Crippen LogP contribution in [-0.2, 0) is 4.74 Å². The number of aromatic nitrogens is 1. The number of nitrogens with zero attached hydrogens (tertiary/aromatic N) is 1. The molecule has 3 aromatic heterocycles. The minimum absolute atomic E-state index is 0.297. The SMILES string of the molecule is COC(=O)c1c(-c2cccnc2)csc1NC(=O)c1sc2ccccc2c1Cl. The lowest BCUT2D eigenvalue weighted by Gasteiger charge is -2.07. The number of hydrogen-bond acceptors (Lipinski definition) is 6. The molecular formula is C20H13ClN2O3S2. The van der Waals surface area contributed by atoms with Crippen LogP contribution in [0.2, 0.25) is 5.02 Å². The first-order valence-corrected chi connectivity index (χ1v) is 10.3. The summed E-state index contributed by atoms with van der Waals surface area (Å²) in [6.45, 7) is 0. The maximum atomic E-state index is 12.9. The van der Waals surface area contributed by atoms with Crippen LogP contribution in [0.4, 0.5) is 5.00 Å². The Kier molecular flexibility index (Phi) is 5.13. The van der Waals surface area contributed by atoms with Crippen molar-refractivity contribution in [2.75, 3.05) is 12.4 Å². The number of hydrogen-bond donors (Lipinski definition) is 1. The van der Waals surface area contributed by atoms with E-state index in [1.165, 1.54) is 29.8 Å².